The molecule has 10 heteroatoms. The maximum Gasteiger partial charge on any atom is 0.242 e. The van der Waals surface area contributed by atoms with Crippen LogP contribution in [0.5, 0.6) is 0 Å². The van der Waals surface area contributed by atoms with E-state index in [0.717, 1.165) is 0 Å². The molecule has 0 fully saturated rings. The van der Waals surface area contributed by atoms with Crippen molar-refractivity contribution in [2.24, 2.45) is 0 Å². The first-order valence-corrected chi connectivity index (χ1v) is 8.61. The van der Waals surface area contributed by atoms with Crippen molar-refractivity contribution in [2.75, 3.05) is 5.73 Å². The topological polar surface area (TPSA) is 103 Å². The van der Waals surface area contributed by atoms with E-state index in [4.69, 9.17) is 17.3 Å². The molecule has 0 spiro atoms. The highest BCUT2D eigenvalue weighted by Gasteiger charge is 2.20. The molecule has 21 heavy (non-hydrogen) atoms. The van der Waals surface area contributed by atoms with Crippen molar-refractivity contribution in [2.45, 2.75) is 24.9 Å². The summed E-state index contributed by atoms with van der Waals surface area (Å²) >= 11 is 9.02. The second-order valence-corrected chi connectivity index (χ2v) is 7.13. The van der Waals surface area contributed by atoms with Crippen LogP contribution in [0.3, 0.4) is 0 Å². The summed E-state index contributed by atoms with van der Waals surface area (Å²) in [5.74, 6) is 0.521. The molecule has 0 aliphatic carbocycles. The average Bonchev–Trinajstić information content (AvgIpc) is 2.88. The summed E-state index contributed by atoms with van der Waals surface area (Å²) in [6.07, 6.45) is 1.54. The number of anilines is 1. The number of nitrogens with two attached hydrogens (primary N) is 1. The molecule has 0 bridgehead atoms. The highest BCUT2D eigenvalue weighted by atomic mass is 79.9. The van der Waals surface area contributed by atoms with E-state index >= 15 is 0 Å². The summed E-state index contributed by atoms with van der Waals surface area (Å²) in [4.78, 5) is -0.0185. The van der Waals surface area contributed by atoms with Crippen LogP contribution >= 0.6 is 27.5 Å². The van der Waals surface area contributed by atoms with Gasteiger partial charge in [0.15, 0.2) is 0 Å². The monoisotopic (exact) mass is 393 g/mol. The number of nitrogens with one attached hydrogen (secondary N) is 1. The fraction of sp³-hybridized carbons (Fsp3) is 0.273. The van der Waals surface area contributed by atoms with E-state index in [2.05, 4.69) is 30.8 Å². The summed E-state index contributed by atoms with van der Waals surface area (Å²) in [7, 11) is -3.78. The Balaban J connectivity index is 2.27. The number of halogens is 2. The highest BCUT2D eigenvalue weighted by molar-refractivity contribution is 9.10. The number of sulfonamides is 1. The van der Waals surface area contributed by atoms with Crippen LogP contribution in [-0.4, -0.2) is 23.2 Å². The van der Waals surface area contributed by atoms with Crippen molar-refractivity contribution in [1.29, 1.82) is 0 Å². The van der Waals surface area contributed by atoms with Crippen LogP contribution < -0.4 is 10.5 Å². The van der Waals surface area contributed by atoms with Crippen LogP contribution in [0.4, 0.5) is 5.69 Å². The maximum absolute atomic E-state index is 12.3. The summed E-state index contributed by atoms with van der Waals surface area (Å²) in [6.45, 7) is 2.59. The molecule has 1 aromatic heterocycles. The van der Waals surface area contributed by atoms with E-state index in [-0.39, 0.29) is 26.6 Å². The van der Waals surface area contributed by atoms with Crippen LogP contribution in [0.1, 0.15) is 12.7 Å². The zero-order chi connectivity index (χ0) is 15.6. The lowest BCUT2D eigenvalue weighted by atomic mass is 10.3. The third-order valence-electron chi connectivity index (χ3n) is 2.78. The van der Waals surface area contributed by atoms with Gasteiger partial charge < -0.3 is 10.3 Å². The smallest absolute Gasteiger partial charge is 0.242 e. The first-order chi connectivity index (χ1) is 9.85. The Labute approximate surface area is 135 Å². The van der Waals surface area contributed by atoms with Crippen molar-refractivity contribution in [3.63, 3.8) is 0 Å². The van der Waals surface area contributed by atoms with Crippen molar-refractivity contribution in [3.8, 4) is 0 Å². The van der Waals surface area contributed by atoms with Gasteiger partial charge in [-0.2, -0.15) is 0 Å². The highest BCUT2D eigenvalue weighted by Crippen LogP contribution is 2.31. The molecule has 2 rings (SSSR count). The molecule has 0 radical (unpaired) electrons. The van der Waals surface area contributed by atoms with E-state index in [1.165, 1.54) is 18.5 Å². The zero-order valence-electron chi connectivity index (χ0n) is 11.0. The van der Waals surface area contributed by atoms with Gasteiger partial charge in [-0.25, -0.2) is 13.1 Å². The molecule has 0 saturated heterocycles. The molecule has 0 aliphatic heterocycles. The first-order valence-electron chi connectivity index (χ1n) is 5.96. The second-order valence-electron chi connectivity index (χ2n) is 4.16. The fourth-order valence-corrected chi connectivity index (χ4v) is 3.97. The Kier molecular flexibility index (Phi) is 4.87. The number of nitrogens with zero attached hydrogens (tertiary/aromatic N) is 3. The number of aryl methyl sites for hydroxylation is 1. The molecular weight excluding hydrogens is 382 g/mol. The first kappa shape index (κ1) is 16.2. The van der Waals surface area contributed by atoms with E-state index in [9.17, 15) is 8.42 Å². The molecule has 0 amide bonds. The van der Waals surface area contributed by atoms with Gasteiger partial charge in [-0.15, -0.1) is 10.2 Å². The Hall–Kier alpha value is -1.16. The predicted octanol–water partition coefficient (Wildman–Crippen LogP) is 1.77. The van der Waals surface area contributed by atoms with Gasteiger partial charge in [-0.1, -0.05) is 11.6 Å². The molecule has 3 N–H and O–H groups in total. The van der Waals surface area contributed by atoms with E-state index in [1.54, 1.807) is 4.57 Å². The van der Waals surface area contributed by atoms with Gasteiger partial charge in [-0.05, 0) is 35.0 Å². The van der Waals surface area contributed by atoms with Crippen molar-refractivity contribution >= 4 is 43.2 Å². The third-order valence-corrected chi connectivity index (χ3v) is 5.57. The van der Waals surface area contributed by atoms with Crippen molar-refractivity contribution in [3.05, 3.63) is 33.8 Å². The van der Waals surface area contributed by atoms with Crippen molar-refractivity contribution in [1.82, 2.24) is 19.5 Å². The Bertz CT molecular complexity index is 762. The van der Waals surface area contributed by atoms with E-state index in [1.807, 2.05) is 6.92 Å². The quantitative estimate of drug-likeness (QED) is 0.752. The molecule has 0 saturated carbocycles. The third kappa shape index (κ3) is 3.54. The number of nitrogen functional groups attached to an aromatic ring is 1. The Morgan fingerprint density at radius 2 is 2.19 bits per heavy atom. The average molecular weight is 395 g/mol. The normalized spacial score (nSPS) is 11.8. The summed E-state index contributed by atoms with van der Waals surface area (Å²) in [5, 5.41) is 7.85. The Morgan fingerprint density at radius 3 is 2.86 bits per heavy atom. The van der Waals surface area contributed by atoms with Gasteiger partial charge in [0.2, 0.25) is 10.0 Å². The lowest BCUT2D eigenvalue weighted by Crippen LogP contribution is -2.25. The zero-order valence-corrected chi connectivity index (χ0v) is 14.2. The van der Waals surface area contributed by atoms with Crippen LogP contribution in [0.25, 0.3) is 0 Å². The number of benzene rings is 1. The molecule has 1 heterocycles. The minimum Gasteiger partial charge on any atom is -0.398 e. The van der Waals surface area contributed by atoms with Crippen LogP contribution in [-0.2, 0) is 23.1 Å². The minimum absolute atomic E-state index is 0.0185. The summed E-state index contributed by atoms with van der Waals surface area (Å²) < 4.78 is 29.1. The van der Waals surface area contributed by atoms with Gasteiger partial charge in [0, 0.05) is 17.3 Å². The molecule has 0 aliphatic rings. The largest absolute Gasteiger partial charge is 0.398 e. The standard InChI is InChI=1S/C11H13BrClN5O2S/c1-2-18-6-15-17-10(18)5-16-21(19,20)9-4-7(13)3-8(14)11(9)12/h3-4,6,16H,2,5,14H2,1H3. The summed E-state index contributed by atoms with van der Waals surface area (Å²) in [5.41, 5.74) is 5.95. The number of hydrogen-bond donors (Lipinski definition) is 2. The number of hydrogen-bond acceptors (Lipinski definition) is 5. The molecule has 2 aromatic rings. The van der Waals surface area contributed by atoms with Crippen LogP contribution in [0.15, 0.2) is 27.8 Å². The van der Waals surface area contributed by atoms with Gasteiger partial charge >= 0.3 is 0 Å². The second kappa shape index (κ2) is 6.30. The molecule has 0 unspecified atom stereocenters. The molecule has 0 atom stereocenters. The predicted molar refractivity (Wildman–Crippen MR) is 83.3 cm³/mol. The number of rotatable bonds is 5. The van der Waals surface area contributed by atoms with E-state index < -0.39 is 10.0 Å². The van der Waals surface area contributed by atoms with Gasteiger partial charge in [0.25, 0.3) is 0 Å². The molecule has 1 aromatic carbocycles. The molecule has 7 nitrogen and oxygen atoms in total. The van der Waals surface area contributed by atoms with Gasteiger partial charge in [-0.3, -0.25) is 0 Å². The number of aromatic nitrogens is 3. The van der Waals surface area contributed by atoms with Crippen molar-refractivity contribution < 1.29 is 8.42 Å². The van der Waals surface area contributed by atoms with Gasteiger partial charge in [0.1, 0.15) is 12.2 Å². The van der Waals surface area contributed by atoms with Gasteiger partial charge in [0.05, 0.1) is 15.9 Å². The minimum atomic E-state index is -3.78. The SMILES string of the molecule is CCn1cnnc1CNS(=O)(=O)c1cc(Cl)cc(N)c1Br. The van der Waals surface area contributed by atoms with E-state index in [0.29, 0.717) is 12.4 Å². The summed E-state index contributed by atoms with van der Waals surface area (Å²) in [6, 6.07) is 2.80. The molecular formula is C11H13BrClN5O2S. The lowest BCUT2D eigenvalue weighted by molar-refractivity contribution is 0.574. The fourth-order valence-electron chi connectivity index (χ4n) is 1.70. The van der Waals surface area contributed by atoms with Crippen LogP contribution in [0.2, 0.25) is 5.02 Å². The lowest BCUT2D eigenvalue weighted by Gasteiger charge is -2.10. The van der Waals surface area contributed by atoms with Crippen LogP contribution in [0, 0.1) is 0 Å². The Morgan fingerprint density at radius 1 is 1.48 bits per heavy atom. The molecule has 114 valence electrons. The maximum atomic E-state index is 12.3.